The fraction of sp³-hybridized carbons (Fsp3) is 0.600. The fourth-order valence-corrected chi connectivity index (χ4v) is 3.78. The summed E-state index contributed by atoms with van der Waals surface area (Å²) < 4.78 is 5.97. The molecule has 1 saturated heterocycles. The fourth-order valence-electron chi connectivity index (χ4n) is 2.78. The van der Waals surface area contributed by atoms with E-state index in [-0.39, 0.29) is 4.93 Å². The Morgan fingerprint density at radius 2 is 2.28 bits per heavy atom. The molecule has 0 aromatic heterocycles. The molecule has 0 amide bonds. The van der Waals surface area contributed by atoms with Crippen molar-refractivity contribution < 1.29 is 4.74 Å². The summed E-state index contributed by atoms with van der Waals surface area (Å²) in [7, 11) is 0. The maximum Gasteiger partial charge on any atom is 0.153 e. The highest BCUT2D eigenvalue weighted by Gasteiger charge is 2.31. The molecular formula is C15H21NOS. The first-order valence-corrected chi connectivity index (χ1v) is 7.68. The van der Waals surface area contributed by atoms with Crippen LogP contribution in [0.5, 0.6) is 5.75 Å². The van der Waals surface area contributed by atoms with Gasteiger partial charge in [0.2, 0.25) is 0 Å². The molecule has 0 saturated carbocycles. The Labute approximate surface area is 113 Å². The van der Waals surface area contributed by atoms with Crippen molar-refractivity contribution in [2.24, 2.45) is 0 Å². The molecule has 0 spiro atoms. The van der Waals surface area contributed by atoms with Crippen LogP contribution >= 0.6 is 11.8 Å². The van der Waals surface area contributed by atoms with Crippen molar-refractivity contribution in [3.8, 4) is 5.75 Å². The zero-order valence-electron chi connectivity index (χ0n) is 11.2. The standard InChI is InChI=1S/C15H21NOS/c1-15(2)17-13-10-11(6-7-14(13)18-15)9-12-5-3-4-8-16-12/h6-7,10,12,16H,3-5,8-9H2,1-2H3. The van der Waals surface area contributed by atoms with Gasteiger partial charge in [-0.3, -0.25) is 0 Å². The van der Waals surface area contributed by atoms with E-state index in [1.807, 2.05) is 11.8 Å². The molecule has 1 N–H and O–H groups in total. The molecular weight excluding hydrogens is 242 g/mol. The van der Waals surface area contributed by atoms with Gasteiger partial charge in [0.1, 0.15) is 5.75 Å². The third-order valence-corrected chi connectivity index (χ3v) is 4.75. The van der Waals surface area contributed by atoms with E-state index in [1.54, 1.807) is 0 Å². The van der Waals surface area contributed by atoms with Gasteiger partial charge in [0, 0.05) is 6.04 Å². The lowest BCUT2D eigenvalue weighted by atomic mass is 9.98. The Bertz CT molecular complexity index is 438. The minimum absolute atomic E-state index is 0.107. The SMILES string of the molecule is CC1(C)Oc2cc(CC3CCCCN3)ccc2S1. The zero-order valence-corrected chi connectivity index (χ0v) is 12.0. The molecule has 1 aromatic carbocycles. The number of hydrogen-bond donors (Lipinski definition) is 1. The average molecular weight is 263 g/mol. The van der Waals surface area contributed by atoms with Gasteiger partial charge >= 0.3 is 0 Å². The van der Waals surface area contributed by atoms with Crippen molar-refractivity contribution in [2.75, 3.05) is 6.54 Å². The molecule has 0 radical (unpaired) electrons. The second-order valence-electron chi connectivity index (χ2n) is 5.74. The lowest BCUT2D eigenvalue weighted by molar-refractivity contribution is 0.214. The van der Waals surface area contributed by atoms with Crippen LogP contribution in [0.1, 0.15) is 38.7 Å². The number of ether oxygens (including phenoxy) is 1. The molecule has 2 nitrogen and oxygen atoms in total. The Hall–Kier alpha value is -0.670. The number of piperidine rings is 1. The predicted octanol–water partition coefficient (Wildman–Crippen LogP) is 3.59. The Morgan fingerprint density at radius 3 is 3.06 bits per heavy atom. The molecule has 98 valence electrons. The van der Waals surface area contributed by atoms with Gasteiger partial charge < -0.3 is 10.1 Å². The zero-order chi connectivity index (χ0) is 12.6. The lowest BCUT2D eigenvalue weighted by Crippen LogP contribution is -2.35. The first-order chi connectivity index (χ1) is 8.62. The van der Waals surface area contributed by atoms with Gasteiger partial charge in [-0.05, 0) is 57.4 Å². The lowest BCUT2D eigenvalue weighted by Gasteiger charge is -2.23. The quantitative estimate of drug-likeness (QED) is 0.881. The topological polar surface area (TPSA) is 21.3 Å². The summed E-state index contributed by atoms with van der Waals surface area (Å²) in [6.45, 7) is 5.43. The average Bonchev–Trinajstić information content (AvgIpc) is 2.63. The monoisotopic (exact) mass is 263 g/mol. The van der Waals surface area contributed by atoms with Crippen molar-refractivity contribution in [2.45, 2.75) is 55.4 Å². The first-order valence-electron chi connectivity index (χ1n) is 6.87. The number of benzene rings is 1. The molecule has 3 heteroatoms. The number of hydrogen-bond acceptors (Lipinski definition) is 3. The highest BCUT2D eigenvalue weighted by Crippen LogP contribution is 2.47. The minimum atomic E-state index is -0.107. The van der Waals surface area contributed by atoms with E-state index in [4.69, 9.17) is 4.74 Å². The van der Waals surface area contributed by atoms with Gasteiger partial charge in [0.15, 0.2) is 4.93 Å². The van der Waals surface area contributed by atoms with E-state index < -0.39 is 0 Å². The van der Waals surface area contributed by atoms with Crippen LogP contribution in [0, 0.1) is 0 Å². The second kappa shape index (κ2) is 4.78. The Balaban J connectivity index is 1.71. The van der Waals surface area contributed by atoms with E-state index >= 15 is 0 Å². The van der Waals surface area contributed by atoms with Crippen molar-refractivity contribution >= 4 is 11.8 Å². The normalized spacial score (nSPS) is 25.6. The van der Waals surface area contributed by atoms with E-state index in [9.17, 15) is 0 Å². The van der Waals surface area contributed by atoms with Gasteiger partial charge in [0.25, 0.3) is 0 Å². The van der Waals surface area contributed by atoms with E-state index in [0.29, 0.717) is 6.04 Å². The first kappa shape index (κ1) is 12.4. The second-order valence-corrected chi connectivity index (χ2v) is 7.36. The molecule has 3 rings (SSSR count). The third kappa shape index (κ3) is 2.67. The molecule has 1 unspecified atom stereocenters. The Kier molecular flexibility index (Phi) is 3.29. The maximum absolute atomic E-state index is 5.97. The van der Waals surface area contributed by atoms with Gasteiger partial charge in [0.05, 0.1) is 4.90 Å². The minimum Gasteiger partial charge on any atom is -0.476 e. The third-order valence-electron chi connectivity index (χ3n) is 3.61. The molecule has 1 atom stereocenters. The highest BCUT2D eigenvalue weighted by molar-refractivity contribution is 8.00. The molecule has 2 heterocycles. The molecule has 0 bridgehead atoms. The largest absolute Gasteiger partial charge is 0.476 e. The summed E-state index contributed by atoms with van der Waals surface area (Å²) >= 11 is 1.81. The molecule has 2 aliphatic heterocycles. The molecule has 0 aliphatic carbocycles. The van der Waals surface area contributed by atoms with Gasteiger partial charge in [-0.25, -0.2) is 0 Å². The van der Waals surface area contributed by atoms with Crippen LogP contribution in [0.2, 0.25) is 0 Å². The predicted molar refractivity (Wildman–Crippen MR) is 76.4 cm³/mol. The van der Waals surface area contributed by atoms with Crippen LogP contribution in [0.25, 0.3) is 0 Å². The smallest absolute Gasteiger partial charge is 0.153 e. The van der Waals surface area contributed by atoms with Crippen LogP contribution in [0.15, 0.2) is 23.1 Å². The maximum atomic E-state index is 5.97. The van der Waals surface area contributed by atoms with Crippen LogP contribution in [0.3, 0.4) is 0 Å². The number of thioether (sulfide) groups is 1. The summed E-state index contributed by atoms with van der Waals surface area (Å²) in [5.41, 5.74) is 1.39. The van der Waals surface area contributed by atoms with E-state index in [1.165, 1.54) is 36.3 Å². The molecule has 1 fully saturated rings. The van der Waals surface area contributed by atoms with Gasteiger partial charge in [-0.2, -0.15) is 0 Å². The van der Waals surface area contributed by atoms with Crippen LogP contribution in [-0.2, 0) is 6.42 Å². The molecule has 2 aliphatic rings. The molecule has 18 heavy (non-hydrogen) atoms. The van der Waals surface area contributed by atoms with E-state index in [2.05, 4.69) is 37.4 Å². The molecule has 1 aromatic rings. The Morgan fingerprint density at radius 1 is 1.39 bits per heavy atom. The van der Waals surface area contributed by atoms with Crippen molar-refractivity contribution in [3.05, 3.63) is 23.8 Å². The van der Waals surface area contributed by atoms with Gasteiger partial charge in [-0.1, -0.05) is 24.2 Å². The summed E-state index contributed by atoms with van der Waals surface area (Å²) in [5, 5.41) is 3.61. The summed E-state index contributed by atoms with van der Waals surface area (Å²) in [5.74, 6) is 1.07. The van der Waals surface area contributed by atoms with Crippen LogP contribution < -0.4 is 10.1 Å². The summed E-state index contributed by atoms with van der Waals surface area (Å²) in [6.07, 6.45) is 5.12. The highest BCUT2D eigenvalue weighted by atomic mass is 32.2. The van der Waals surface area contributed by atoms with Crippen molar-refractivity contribution in [1.29, 1.82) is 0 Å². The number of fused-ring (bicyclic) bond motifs is 1. The number of rotatable bonds is 2. The summed E-state index contributed by atoms with van der Waals surface area (Å²) in [6, 6.07) is 7.35. The number of nitrogens with one attached hydrogen (secondary N) is 1. The van der Waals surface area contributed by atoms with Crippen LogP contribution in [0.4, 0.5) is 0 Å². The van der Waals surface area contributed by atoms with Gasteiger partial charge in [-0.15, -0.1) is 0 Å². The van der Waals surface area contributed by atoms with Crippen molar-refractivity contribution in [1.82, 2.24) is 5.32 Å². The summed E-state index contributed by atoms with van der Waals surface area (Å²) in [4.78, 5) is 1.17. The van der Waals surface area contributed by atoms with Crippen LogP contribution in [-0.4, -0.2) is 17.5 Å². The van der Waals surface area contributed by atoms with Crippen molar-refractivity contribution in [3.63, 3.8) is 0 Å². The van der Waals surface area contributed by atoms with E-state index in [0.717, 1.165) is 12.2 Å².